The molecule has 1 aliphatic heterocycles. The zero-order valence-corrected chi connectivity index (χ0v) is 19.3. The van der Waals surface area contributed by atoms with Crippen molar-refractivity contribution in [1.29, 1.82) is 0 Å². The van der Waals surface area contributed by atoms with Gasteiger partial charge in [0.2, 0.25) is 10.0 Å². The fourth-order valence-electron chi connectivity index (χ4n) is 3.30. The number of nitrogens with one attached hydrogen (secondary N) is 2. The van der Waals surface area contributed by atoms with E-state index in [1.807, 2.05) is 0 Å². The molecule has 0 saturated heterocycles. The normalized spacial score (nSPS) is 15.9. The van der Waals surface area contributed by atoms with Crippen LogP contribution in [0.1, 0.15) is 33.8 Å². The smallest absolute Gasteiger partial charge is 0.283 e. The number of benzene rings is 2. The van der Waals surface area contributed by atoms with Gasteiger partial charge in [-0.2, -0.15) is 0 Å². The van der Waals surface area contributed by atoms with Crippen LogP contribution >= 0.6 is 22.9 Å². The van der Waals surface area contributed by atoms with Crippen LogP contribution in [0.2, 0.25) is 5.02 Å². The maximum absolute atomic E-state index is 14.7. The van der Waals surface area contributed by atoms with Crippen LogP contribution in [0.3, 0.4) is 0 Å². The largest absolute Gasteiger partial charge is 0.294 e. The second-order valence-electron chi connectivity index (χ2n) is 7.01. The third kappa shape index (κ3) is 4.50. The first-order valence-corrected chi connectivity index (χ1v) is 12.6. The lowest BCUT2D eigenvalue weighted by molar-refractivity contribution is 0.0675. The van der Waals surface area contributed by atoms with Gasteiger partial charge in [0.15, 0.2) is 0 Å². The molecule has 3 aromatic rings. The monoisotopic (exact) mass is 491 g/mol. The Morgan fingerprint density at radius 3 is 2.56 bits per heavy atom. The minimum atomic E-state index is -3.39. The first-order valence-electron chi connectivity index (χ1n) is 9.69. The number of hydrazine groups is 1. The molecule has 6 nitrogen and oxygen atoms in total. The van der Waals surface area contributed by atoms with Crippen molar-refractivity contribution in [3.63, 3.8) is 0 Å². The molecule has 1 amide bonds. The summed E-state index contributed by atoms with van der Waals surface area (Å²) >= 11 is 7.58. The molecule has 1 aliphatic rings. The molecular weight excluding hydrogens is 473 g/mol. The van der Waals surface area contributed by atoms with Crippen LogP contribution < -0.4 is 10.1 Å². The Hall–Kier alpha value is -2.88. The van der Waals surface area contributed by atoms with Gasteiger partial charge in [-0.25, -0.2) is 17.8 Å². The van der Waals surface area contributed by atoms with Crippen LogP contribution in [0.4, 0.5) is 10.1 Å². The second kappa shape index (κ2) is 8.93. The Kier molecular flexibility index (Phi) is 6.23. The highest BCUT2D eigenvalue weighted by Crippen LogP contribution is 2.37. The summed E-state index contributed by atoms with van der Waals surface area (Å²) in [4.78, 5) is 13.6. The van der Waals surface area contributed by atoms with Gasteiger partial charge >= 0.3 is 0 Å². The molecule has 1 aromatic heterocycles. The van der Waals surface area contributed by atoms with Crippen LogP contribution in [0, 0.1) is 5.82 Å². The fourth-order valence-corrected chi connectivity index (χ4v) is 4.88. The molecule has 2 aromatic carbocycles. The zero-order valence-electron chi connectivity index (χ0n) is 16.9. The van der Waals surface area contributed by atoms with E-state index in [9.17, 15) is 17.6 Å². The highest BCUT2D eigenvalue weighted by Gasteiger charge is 2.34. The first kappa shape index (κ1) is 22.3. The average molecular weight is 492 g/mol. The van der Waals surface area contributed by atoms with Crippen LogP contribution in [0.25, 0.3) is 5.70 Å². The summed E-state index contributed by atoms with van der Waals surface area (Å²) in [5.41, 5.74) is 4.95. The molecule has 0 aliphatic carbocycles. The summed E-state index contributed by atoms with van der Waals surface area (Å²) in [6.45, 7) is 1.55. The van der Waals surface area contributed by atoms with Gasteiger partial charge in [-0.15, -0.1) is 11.3 Å². The van der Waals surface area contributed by atoms with Crippen LogP contribution in [-0.4, -0.2) is 25.1 Å². The van der Waals surface area contributed by atoms with Crippen molar-refractivity contribution in [3.05, 3.63) is 92.9 Å². The van der Waals surface area contributed by atoms with Crippen molar-refractivity contribution in [2.75, 3.05) is 10.5 Å². The summed E-state index contributed by atoms with van der Waals surface area (Å²) in [6.07, 6.45) is 1.72. The van der Waals surface area contributed by atoms with Gasteiger partial charge in [-0.3, -0.25) is 14.9 Å². The minimum absolute atomic E-state index is 0.0354. The summed E-state index contributed by atoms with van der Waals surface area (Å²) < 4.78 is 40.8. The number of sulfonamides is 1. The zero-order chi connectivity index (χ0) is 22.9. The van der Waals surface area contributed by atoms with E-state index >= 15 is 0 Å². The Balaban J connectivity index is 1.69. The molecule has 0 bridgehead atoms. The number of anilines is 1. The number of nitrogens with zero attached hydrogens (tertiary/aromatic N) is 1. The molecule has 0 radical (unpaired) electrons. The van der Waals surface area contributed by atoms with Crippen LogP contribution in [0.15, 0.2) is 66.1 Å². The summed E-state index contributed by atoms with van der Waals surface area (Å²) in [5, 5.41) is 3.35. The SMILES string of the molecule is CCS(=O)(=O)Nc1ccc(C2=CC(c3c(F)cccc3Cl)N(C(=O)c3cccs3)N2)cc1. The number of amides is 1. The van der Waals surface area contributed by atoms with E-state index < -0.39 is 21.9 Å². The quantitative estimate of drug-likeness (QED) is 0.506. The molecule has 10 heteroatoms. The van der Waals surface area contributed by atoms with Gasteiger partial charge in [-0.1, -0.05) is 35.9 Å². The molecule has 0 spiro atoms. The standard InChI is InChI=1S/C22H19ClFN3O3S2/c1-2-32(29,30)26-15-10-8-14(9-11-15)18-13-19(21-16(23)5-3-6-17(21)24)27(25-18)22(28)20-7-4-12-31-20/h3-13,19,25-26H,2H2,1H3. The number of carbonyl (C=O) groups excluding carboxylic acids is 1. The molecule has 1 unspecified atom stereocenters. The van der Waals surface area contributed by atoms with E-state index in [-0.39, 0.29) is 22.2 Å². The van der Waals surface area contributed by atoms with E-state index in [0.29, 0.717) is 21.8 Å². The van der Waals surface area contributed by atoms with E-state index in [0.717, 1.165) is 0 Å². The Morgan fingerprint density at radius 1 is 1.19 bits per heavy atom. The van der Waals surface area contributed by atoms with Crippen LogP contribution in [0.5, 0.6) is 0 Å². The van der Waals surface area contributed by atoms with Crippen molar-refractivity contribution in [2.45, 2.75) is 13.0 Å². The maximum Gasteiger partial charge on any atom is 0.283 e. The predicted octanol–water partition coefficient (Wildman–Crippen LogP) is 5.05. The van der Waals surface area contributed by atoms with Crippen LogP contribution in [-0.2, 0) is 10.0 Å². The van der Waals surface area contributed by atoms with E-state index in [2.05, 4.69) is 10.1 Å². The first-order chi connectivity index (χ1) is 15.3. The van der Waals surface area contributed by atoms with Gasteiger partial charge in [0.1, 0.15) is 11.9 Å². The Morgan fingerprint density at radius 2 is 1.94 bits per heavy atom. The van der Waals surface area contributed by atoms with Gasteiger partial charge in [-0.05, 0) is 54.3 Å². The van der Waals surface area contributed by atoms with Gasteiger partial charge in [0.25, 0.3) is 5.91 Å². The van der Waals surface area contributed by atoms with E-state index in [1.54, 1.807) is 60.8 Å². The Labute approximate surface area is 194 Å². The number of hydrogen-bond acceptors (Lipinski definition) is 5. The Bertz CT molecular complexity index is 1260. The number of rotatable bonds is 6. The number of halogens is 2. The third-order valence-corrected chi connectivity index (χ3v) is 7.43. The molecule has 2 heterocycles. The molecule has 4 rings (SSSR count). The molecule has 0 fully saturated rings. The van der Waals surface area contributed by atoms with E-state index in [4.69, 9.17) is 11.6 Å². The fraction of sp³-hybridized carbons (Fsp3) is 0.136. The molecule has 2 N–H and O–H groups in total. The summed E-state index contributed by atoms with van der Waals surface area (Å²) in [7, 11) is -3.39. The van der Waals surface area contributed by atoms with Gasteiger partial charge < -0.3 is 0 Å². The highest BCUT2D eigenvalue weighted by atomic mass is 35.5. The molecular formula is C22H19ClFN3O3S2. The number of thiophene rings is 1. The van der Waals surface area contributed by atoms with Crippen molar-refractivity contribution < 1.29 is 17.6 Å². The highest BCUT2D eigenvalue weighted by molar-refractivity contribution is 7.92. The number of carbonyl (C=O) groups is 1. The topological polar surface area (TPSA) is 78.5 Å². The maximum atomic E-state index is 14.7. The molecule has 166 valence electrons. The van der Waals surface area contributed by atoms with E-state index in [1.165, 1.54) is 28.5 Å². The van der Waals surface area contributed by atoms with Gasteiger partial charge in [0.05, 0.1) is 16.3 Å². The summed E-state index contributed by atoms with van der Waals surface area (Å²) in [5.74, 6) is -0.871. The van der Waals surface area contributed by atoms with Gasteiger partial charge in [0, 0.05) is 16.3 Å². The van der Waals surface area contributed by atoms with Crippen molar-refractivity contribution in [3.8, 4) is 0 Å². The summed E-state index contributed by atoms with van der Waals surface area (Å²) in [6, 6.07) is 13.8. The van der Waals surface area contributed by atoms with Crippen molar-refractivity contribution in [1.82, 2.24) is 10.4 Å². The molecule has 1 atom stereocenters. The average Bonchev–Trinajstić information content (AvgIpc) is 3.44. The molecule has 32 heavy (non-hydrogen) atoms. The minimum Gasteiger partial charge on any atom is -0.294 e. The lowest BCUT2D eigenvalue weighted by atomic mass is 10.0. The third-order valence-electron chi connectivity index (χ3n) is 4.94. The van der Waals surface area contributed by atoms with Crippen molar-refractivity contribution in [2.24, 2.45) is 0 Å². The number of hydrogen-bond donors (Lipinski definition) is 2. The lowest BCUT2D eigenvalue weighted by Crippen LogP contribution is -2.39. The van der Waals surface area contributed by atoms with Crippen molar-refractivity contribution >= 4 is 50.3 Å². The molecule has 0 saturated carbocycles. The lowest BCUT2D eigenvalue weighted by Gasteiger charge is -2.26. The second-order valence-corrected chi connectivity index (χ2v) is 10.4. The predicted molar refractivity (Wildman–Crippen MR) is 125 cm³/mol.